The summed E-state index contributed by atoms with van der Waals surface area (Å²) >= 11 is 0. The highest BCUT2D eigenvalue weighted by molar-refractivity contribution is 5.75. The van der Waals surface area contributed by atoms with E-state index in [0.717, 1.165) is 18.4 Å². The van der Waals surface area contributed by atoms with Crippen LogP contribution in [0.5, 0.6) is 0 Å². The quantitative estimate of drug-likeness (QED) is 0.669. The van der Waals surface area contributed by atoms with Gasteiger partial charge in [0.05, 0.1) is 18.2 Å². The third kappa shape index (κ3) is 3.72. The van der Waals surface area contributed by atoms with E-state index in [1.165, 1.54) is 0 Å². The number of carbonyl (C=O) groups excluding carboxylic acids is 1. The number of aromatic amines is 1. The Morgan fingerprint density at radius 1 is 1.50 bits per heavy atom. The van der Waals surface area contributed by atoms with Crippen molar-refractivity contribution in [1.82, 2.24) is 20.8 Å². The molecule has 110 valence electrons. The molecule has 2 amide bonds. The Kier molecular flexibility index (Phi) is 4.60. The topological polar surface area (TPSA) is 107 Å². The van der Waals surface area contributed by atoms with Crippen molar-refractivity contribution in [3.05, 3.63) is 18.0 Å². The molecule has 3 unspecified atom stereocenters. The minimum Gasteiger partial charge on any atom is -0.481 e. The average Bonchev–Trinajstić information content (AvgIpc) is 2.92. The Morgan fingerprint density at radius 3 is 2.95 bits per heavy atom. The van der Waals surface area contributed by atoms with Crippen LogP contribution in [0.2, 0.25) is 0 Å². The van der Waals surface area contributed by atoms with Gasteiger partial charge in [-0.15, -0.1) is 0 Å². The molecular weight excluding hydrogens is 260 g/mol. The largest absolute Gasteiger partial charge is 0.481 e. The minimum absolute atomic E-state index is 0.0681. The number of nitrogens with one attached hydrogen (secondary N) is 3. The zero-order chi connectivity index (χ0) is 14.5. The molecule has 3 atom stereocenters. The van der Waals surface area contributed by atoms with Crippen molar-refractivity contribution in [1.29, 1.82) is 0 Å². The molecule has 1 aromatic rings. The lowest BCUT2D eigenvalue weighted by molar-refractivity contribution is -0.143. The number of nitrogens with zero attached hydrogens (tertiary/aromatic N) is 1. The molecular formula is C13H20N4O3. The highest BCUT2D eigenvalue weighted by Crippen LogP contribution is 2.24. The number of carboxylic acid groups (broad SMARTS) is 1. The van der Waals surface area contributed by atoms with Gasteiger partial charge in [0.1, 0.15) is 0 Å². The van der Waals surface area contributed by atoms with Crippen LogP contribution in [0.1, 0.15) is 44.2 Å². The second-order valence-electron chi connectivity index (χ2n) is 5.27. The smallest absolute Gasteiger partial charge is 0.315 e. The van der Waals surface area contributed by atoms with E-state index in [9.17, 15) is 9.59 Å². The number of H-pyrrole nitrogens is 1. The Bertz CT molecular complexity index is 460. The van der Waals surface area contributed by atoms with E-state index in [4.69, 9.17) is 5.11 Å². The summed E-state index contributed by atoms with van der Waals surface area (Å²) in [7, 11) is 0. The number of urea groups is 1. The fourth-order valence-corrected chi connectivity index (χ4v) is 2.55. The van der Waals surface area contributed by atoms with Gasteiger partial charge in [0.25, 0.3) is 0 Å². The molecule has 0 spiro atoms. The number of carbonyl (C=O) groups is 2. The van der Waals surface area contributed by atoms with Gasteiger partial charge in [-0.3, -0.25) is 9.89 Å². The van der Waals surface area contributed by atoms with Crippen LogP contribution >= 0.6 is 0 Å². The van der Waals surface area contributed by atoms with Crippen molar-refractivity contribution in [2.24, 2.45) is 5.92 Å². The number of aromatic nitrogens is 2. The lowest BCUT2D eigenvalue weighted by atomic mass is 9.86. The second-order valence-corrected chi connectivity index (χ2v) is 5.27. The Labute approximate surface area is 117 Å². The van der Waals surface area contributed by atoms with Crippen molar-refractivity contribution < 1.29 is 14.7 Å². The summed E-state index contributed by atoms with van der Waals surface area (Å²) in [6.07, 6.45) is 6.25. The van der Waals surface area contributed by atoms with Crippen molar-refractivity contribution in [2.45, 2.75) is 44.7 Å². The minimum atomic E-state index is -0.774. The van der Waals surface area contributed by atoms with E-state index in [2.05, 4.69) is 20.8 Å². The van der Waals surface area contributed by atoms with Gasteiger partial charge in [0, 0.05) is 17.8 Å². The van der Waals surface area contributed by atoms with Crippen molar-refractivity contribution in [3.8, 4) is 0 Å². The van der Waals surface area contributed by atoms with Gasteiger partial charge >= 0.3 is 12.0 Å². The first kappa shape index (κ1) is 14.4. The third-order valence-electron chi connectivity index (χ3n) is 3.73. The molecule has 4 N–H and O–H groups in total. The number of carboxylic acids is 1. The van der Waals surface area contributed by atoms with E-state index in [0.29, 0.717) is 12.8 Å². The first-order valence-corrected chi connectivity index (χ1v) is 6.84. The van der Waals surface area contributed by atoms with E-state index >= 15 is 0 Å². The van der Waals surface area contributed by atoms with Crippen LogP contribution in [0.15, 0.2) is 12.4 Å². The van der Waals surface area contributed by atoms with Crippen LogP contribution in [0.25, 0.3) is 0 Å². The van der Waals surface area contributed by atoms with E-state index in [-0.39, 0.29) is 24.0 Å². The zero-order valence-electron chi connectivity index (χ0n) is 11.4. The molecule has 7 heteroatoms. The summed E-state index contributed by atoms with van der Waals surface area (Å²) in [6, 6.07) is -0.483. The predicted octanol–water partition coefficient (Wildman–Crippen LogP) is 1.41. The SMILES string of the molecule is CC(NC(=O)NC1CCCC(C(=O)O)C1)c1cn[nH]c1. The molecule has 1 aromatic heterocycles. The number of rotatable bonds is 4. The van der Waals surface area contributed by atoms with Gasteiger partial charge < -0.3 is 15.7 Å². The van der Waals surface area contributed by atoms with Crippen LogP contribution < -0.4 is 10.6 Å². The maximum atomic E-state index is 11.9. The van der Waals surface area contributed by atoms with Crippen molar-refractivity contribution in [3.63, 3.8) is 0 Å². The lowest BCUT2D eigenvalue weighted by Gasteiger charge is -2.27. The van der Waals surface area contributed by atoms with Gasteiger partial charge in [0.15, 0.2) is 0 Å². The number of hydrogen-bond acceptors (Lipinski definition) is 3. The first-order valence-electron chi connectivity index (χ1n) is 6.84. The molecule has 1 saturated carbocycles. The first-order chi connectivity index (χ1) is 9.56. The van der Waals surface area contributed by atoms with Gasteiger partial charge in [0.2, 0.25) is 0 Å². The molecule has 2 rings (SSSR count). The molecule has 0 saturated heterocycles. The molecule has 0 bridgehead atoms. The molecule has 1 fully saturated rings. The fourth-order valence-electron chi connectivity index (χ4n) is 2.55. The number of amides is 2. The summed E-state index contributed by atoms with van der Waals surface area (Å²) in [5.74, 6) is -1.12. The van der Waals surface area contributed by atoms with Gasteiger partial charge in [-0.1, -0.05) is 6.42 Å². The average molecular weight is 280 g/mol. The highest BCUT2D eigenvalue weighted by Gasteiger charge is 2.28. The summed E-state index contributed by atoms with van der Waals surface area (Å²) in [6.45, 7) is 1.87. The summed E-state index contributed by atoms with van der Waals surface area (Å²) < 4.78 is 0. The van der Waals surface area contributed by atoms with Gasteiger partial charge in [-0.25, -0.2) is 4.79 Å². The maximum absolute atomic E-state index is 11.9. The van der Waals surface area contributed by atoms with Crippen LogP contribution in [0.4, 0.5) is 4.79 Å². The van der Waals surface area contributed by atoms with Crippen LogP contribution in [-0.2, 0) is 4.79 Å². The standard InChI is InChI=1S/C13H20N4O3/c1-8(10-6-14-15-7-10)16-13(20)17-11-4-2-3-9(5-11)12(18)19/h6-9,11H,2-5H2,1H3,(H,14,15)(H,18,19)(H2,16,17,20). The zero-order valence-corrected chi connectivity index (χ0v) is 11.4. The van der Waals surface area contributed by atoms with Crippen LogP contribution in [0, 0.1) is 5.92 Å². The lowest BCUT2D eigenvalue weighted by Crippen LogP contribution is -2.45. The van der Waals surface area contributed by atoms with Gasteiger partial charge in [-0.2, -0.15) is 5.10 Å². The molecule has 0 radical (unpaired) electrons. The molecule has 0 aliphatic heterocycles. The Morgan fingerprint density at radius 2 is 2.30 bits per heavy atom. The molecule has 1 aliphatic carbocycles. The van der Waals surface area contributed by atoms with Crippen molar-refractivity contribution in [2.75, 3.05) is 0 Å². The van der Waals surface area contributed by atoms with E-state index in [1.807, 2.05) is 6.92 Å². The third-order valence-corrected chi connectivity index (χ3v) is 3.73. The number of hydrogen-bond donors (Lipinski definition) is 4. The normalized spacial score (nSPS) is 23.9. The monoisotopic (exact) mass is 280 g/mol. The predicted molar refractivity (Wildman–Crippen MR) is 72.1 cm³/mol. The van der Waals surface area contributed by atoms with Crippen LogP contribution in [-0.4, -0.2) is 33.3 Å². The molecule has 1 heterocycles. The fraction of sp³-hybridized carbons (Fsp3) is 0.615. The summed E-state index contributed by atoms with van der Waals surface area (Å²) in [5, 5.41) is 21.2. The van der Waals surface area contributed by atoms with Gasteiger partial charge in [-0.05, 0) is 26.2 Å². The maximum Gasteiger partial charge on any atom is 0.315 e. The second kappa shape index (κ2) is 6.40. The molecule has 7 nitrogen and oxygen atoms in total. The molecule has 1 aliphatic rings. The highest BCUT2D eigenvalue weighted by atomic mass is 16.4. The molecule has 0 aromatic carbocycles. The number of aliphatic carboxylic acids is 1. The van der Waals surface area contributed by atoms with E-state index in [1.54, 1.807) is 12.4 Å². The molecule has 20 heavy (non-hydrogen) atoms. The van der Waals surface area contributed by atoms with E-state index < -0.39 is 5.97 Å². The van der Waals surface area contributed by atoms with Crippen molar-refractivity contribution >= 4 is 12.0 Å². The summed E-state index contributed by atoms with van der Waals surface area (Å²) in [4.78, 5) is 22.9. The van der Waals surface area contributed by atoms with Crippen LogP contribution in [0.3, 0.4) is 0 Å². The Hall–Kier alpha value is -2.05. The Balaban J connectivity index is 1.80. The summed E-state index contributed by atoms with van der Waals surface area (Å²) in [5.41, 5.74) is 0.896.